The van der Waals surface area contributed by atoms with Gasteiger partial charge in [-0.15, -0.1) is 0 Å². The Labute approximate surface area is 213 Å². The SMILES string of the molecule is CN(C)[C@]1(c2ccccc2)CC[C@]2(CC1)CN(C[C@@H](O)Nc1ccccn1)C(=O)N2CC1(O)CCC1. The highest BCUT2D eigenvalue weighted by atomic mass is 16.3. The summed E-state index contributed by atoms with van der Waals surface area (Å²) in [7, 11) is 4.29. The van der Waals surface area contributed by atoms with E-state index >= 15 is 0 Å². The molecule has 1 aliphatic heterocycles. The normalized spacial score (nSPS) is 28.4. The van der Waals surface area contributed by atoms with Crippen LogP contribution in [0.5, 0.6) is 0 Å². The van der Waals surface area contributed by atoms with Crippen LogP contribution in [0.15, 0.2) is 54.7 Å². The van der Waals surface area contributed by atoms with E-state index in [0.717, 1.165) is 44.9 Å². The van der Waals surface area contributed by atoms with Gasteiger partial charge in [-0.3, -0.25) is 4.90 Å². The highest BCUT2D eigenvalue weighted by Crippen LogP contribution is 2.50. The number of urea groups is 1. The molecule has 2 heterocycles. The Morgan fingerprint density at radius 3 is 2.31 bits per heavy atom. The molecule has 2 aromatic rings. The zero-order valence-corrected chi connectivity index (χ0v) is 21.4. The van der Waals surface area contributed by atoms with E-state index < -0.39 is 11.8 Å². The van der Waals surface area contributed by atoms with Gasteiger partial charge in [0.25, 0.3) is 0 Å². The van der Waals surface area contributed by atoms with Crippen molar-refractivity contribution < 1.29 is 15.0 Å². The van der Waals surface area contributed by atoms with Crippen LogP contribution >= 0.6 is 0 Å². The molecule has 1 saturated heterocycles. The van der Waals surface area contributed by atoms with Crippen LogP contribution in [-0.2, 0) is 5.54 Å². The first-order valence-electron chi connectivity index (χ1n) is 13.1. The molecule has 1 spiro atoms. The summed E-state index contributed by atoms with van der Waals surface area (Å²) in [6.07, 6.45) is 6.76. The highest BCUT2D eigenvalue weighted by molar-refractivity contribution is 5.78. The number of hydrogen-bond acceptors (Lipinski definition) is 6. The van der Waals surface area contributed by atoms with Crippen molar-refractivity contribution >= 4 is 11.8 Å². The molecule has 36 heavy (non-hydrogen) atoms. The van der Waals surface area contributed by atoms with E-state index in [1.54, 1.807) is 17.2 Å². The number of pyridine rings is 1. The van der Waals surface area contributed by atoms with Gasteiger partial charge in [-0.2, -0.15) is 0 Å². The molecule has 5 rings (SSSR count). The molecule has 2 aliphatic carbocycles. The maximum atomic E-state index is 13.7. The number of aliphatic hydroxyl groups excluding tert-OH is 1. The van der Waals surface area contributed by atoms with Crippen LogP contribution in [0.3, 0.4) is 0 Å². The molecule has 8 nitrogen and oxygen atoms in total. The molecule has 3 aliphatic rings. The lowest BCUT2D eigenvalue weighted by atomic mass is 9.67. The van der Waals surface area contributed by atoms with Gasteiger partial charge < -0.3 is 25.3 Å². The minimum absolute atomic E-state index is 0.0813. The number of aromatic nitrogens is 1. The third-order valence-corrected chi connectivity index (χ3v) is 8.84. The van der Waals surface area contributed by atoms with Gasteiger partial charge in [0.05, 0.1) is 24.2 Å². The van der Waals surface area contributed by atoms with Crippen LogP contribution in [0, 0.1) is 0 Å². The number of anilines is 1. The lowest BCUT2D eigenvalue weighted by Crippen LogP contribution is -2.59. The van der Waals surface area contributed by atoms with Crippen molar-refractivity contribution in [3.63, 3.8) is 0 Å². The number of benzene rings is 1. The standard InChI is InChI=1S/C28H39N5O3/c1-31(2)28(22-9-4-3-5-10-22)16-14-26(15-17-28)20-32(19-24(34)30-23-11-6-7-18-29-23)25(35)33(26)21-27(36)12-8-13-27/h3-7,9-11,18,24,34,36H,8,12-17,19-21H2,1-2H3,(H,29,30)/t24-,26-,28+/m1/s1. The number of amides is 2. The molecule has 2 saturated carbocycles. The molecule has 0 radical (unpaired) electrons. The summed E-state index contributed by atoms with van der Waals surface area (Å²) in [5.74, 6) is 0.572. The van der Waals surface area contributed by atoms with E-state index in [4.69, 9.17) is 0 Å². The monoisotopic (exact) mass is 493 g/mol. The first kappa shape index (κ1) is 25.0. The van der Waals surface area contributed by atoms with Gasteiger partial charge in [-0.25, -0.2) is 9.78 Å². The average molecular weight is 494 g/mol. The van der Waals surface area contributed by atoms with E-state index in [0.29, 0.717) is 18.9 Å². The fourth-order valence-electron chi connectivity index (χ4n) is 6.47. The van der Waals surface area contributed by atoms with Gasteiger partial charge in [0.15, 0.2) is 0 Å². The van der Waals surface area contributed by atoms with E-state index in [-0.39, 0.29) is 23.7 Å². The Morgan fingerprint density at radius 1 is 1.03 bits per heavy atom. The topological polar surface area (TPSA) is 92.2 Å². The number of nitrogens with zero attached hydrogens (tertiary/aromatic N) is 4. The molecule has 0 bridgehead atoms. The number of aliphatic hydroxyl groups is 2. The van der Waals surface area contributed by atoms with Crippen molar-refractivity contribution in [1.29, 1.82) is 0 Å². The largest absolute Gasteiger partial charge is 0.388 e. The van der Waals surface area contributed by atoms with Crippen LogP contribution in [0.25, 0.3) is 0 Å². The molecule has 8 heteroatoms. The summed E-state index contributed by atoms with van der Waals surface area (Å²) in [4.78, 5) is 24.0. The van der Waals surface area contributed by atoms with Crippen molar-refractivity contribution in [2.45, 2.75) is 67.9 Å². The molecule has 2 amide bonds. The van der Waals surface area contributed by atoms with E-state index in [2.05, 4.69) is 59.6 Å². The smallest absolute Gasteiger partial charge is 0.320 e. The van der Waals surface area contributed by atoms with E-state index in [1.165, 1.54) is 5.56 Å². The summed E-state index contributed by atoms with van der Waals surface area (Å²) in [5.41, 5.74) is 0.0906. The van der Waals surface area contributed by atoms with Gasteiger partial charge in [0.2, 0.25) is 0 Å². The first-order valence-corrected chi connectivity index (χ1v) is 13.1. The van der Waals surface area contributed by atoms with Gasteiger partial charge in [0, 0.05) is 18.3 Å². The van der Waals surface area contributed by atoms with E-state index in [9.17, 15) is 15.0 Å². The second kappa shape index (κ2) is 9.65. The van der Waals surface area contributed by atoms with Gasteiger partial charge in [-0.1, -0.05) is 36.4 Å². The molecule has 0 unspecified atom stereocenters. The lowest BCUT2D eigenvalue weighted by Gasteiger charge is -2.52. The molecule has 1 aromatic carbocycles. The average Bonchev–Trinajstić information content (AvgIpc) is 3.09. The molecule has 3 fully saturated rings. The molecule has 1 atom stereocenters. The van der Waals surface area contributed by atoms with Gasteiger partial charge in [-0.05, 0) is 76.7 Å². The number of carbonyl (C=O) groups is 1. The Bertz CT molecular complexity index is 1040. The number of β-amino-alcohol motifs (C(OH)–C–C–N with tert-alkyl or cyclic N) is 2. The Morgan fingerprint density at radius 2 is 1.72 bits per heavy atom. The van der Waals surface area contributed by atoms with Crippen LogP contribution < -0.4 is 5.32 Å². The van der Waals surface area contributed by atoms with Crippen molar-refractivity contribution in [3.05, 3.63) is 60.3 Å². The van der Waals surface area contributed by atoms with Crippen molar-refractivity contribution in [2.75, 3.05) is 39.0 Å². The van der Waals surface area contributed by atoms with Crippen LogP contribution in [0.4, 0.5) is 10.6 Å². The first-order chi connectivity index (χ1) is 17.3. The minimum Gasteiger partial charge on any atom is -0.388 e. The van der Waals surface area contributed by atoms with E-state index in [1.807, 2.05) is 17.0 Å². The summed E-state index contributed by atoms with van der Waals surface area (Å²) in [6, 6.07) is 16.0. The van der Waals surface area contributed by atoms with Gasteiger partial charge in [0.1, 0.15) is 12.0 Å². The fraction of sp³-hybridized carbons (Fsp3) is 0.571. The second-order valence-corrected chi connectivity index (χ2v) is 11.2. The van der Waals surface area contributed by atoms with Crippen LogP contribution in [0.2, 0.25) is 0 Å². The molecule has 1 aromatic heterocycles. The van der Waals surface area contributed by atoms with Crippen LogP contribution in [-0.4, -0.2) is 87.0 Å². The Kier molecular flexibility index (Phi) is 6.70. The molecule has 3 N–H and O–H groups in total. The maximum absolute atomic E-state index is 13.7. The van der Waals surface area contributed by atoms with Crippen LogP contribution in [0.1, 0.15) is 50.5 Å². The summed E-state index contributed by atoms with van der Waals surface area (Å²) >= 11 is 0. The molecular weight excluding hydrogens is 454 g/mol. The summed E-state index contributed by atoms with van der Waals surface area (Å²) < 4.78 is 0. The number of carbonyl (C=O) groups excluding carboxylic acids is 1. The van der Waals surface area contributed by atoms with Crippen molar-refractivity contribution in [2.24, 2.45) is 0 Å². The molecule has 194 valence electrons. The maximum Gasteiger partial charge on any atom is 0.320 e. The quantitative estimate of drug-likeness (QED) is 0.489. The third-order valence-electron chi connectivity index (χ3n) is 8.84. The highest BCUT2D eigenvalue weighted by Gasteiger charge is 2.56. The Hall–Kier alpha value is -2.68. The predicted octanol–water partition coefficient (Wildman–Crippen LogP) is 3.23. The molecular formula is C28H39N5O3. The second-order valence-electron chi connectivity index (χ2n) is 11.2. The predicted molar refractivity (Wildman–Crippen MR) is 139 cm³/mol. The Balaban J connectivity index is 1.36. The summed E-state index contributed by atoms with van der Waals surface area (Å²) in [6.45, 7) is 1.09. The number of hydrogen-bond donors (Lipinski definition) is 3. The third kappa shape index (κ3) is 4.58. The number of nitrogens with one attached hydrogen (secondary N) is 1. The lowest BCUT2D eigenvalue weighted by molar-refractivity contribution is -0.0725. The zero-order chi connectivity index (χ0) is 25.4. The number of rotatable bonds is 8. The minimum atomic E-state index is -0.929. The van der Waals surface area contributed by atoms with Crippen molar-refractivity contribution in [3.8, 4) is 0 Å². The van der Waals surface area contributed by atoms with Crippen molar-refractivity contribution in [1.82, 2.24) is 19.7 Å². The zero-order valence-electron chi connectivity index (χ0n) is 21.4. The van der Waals surface area contributed by atoms with Gasteiger partial charge >= 0.3 is 6.03 Å². The summed E-state index contributed by atoms with van der Waals surface area (Å²) in [5, 5.41) is 24.8. The fourth-order valence-corrected chi connectivity index (χ4v) is 6.47.